The molecule has 0 bridgehead atoms. The molecular formula is C15H18N2S. The van der Waals surface area contributed by atoms with Crippen LogP contribution in [0.5, 0.6) is 0 Å². The molecule has 1 unspecified atom stereocenters. The van der Waals surface area contributed by atoms with Gasteiger partial charge in [-0.3, -0.25) is 0 Å². The Morgan fingerprint density at radius 3 is 2.94 bits per heavy atom. The first kappa shape index (κ1) is 11.9. The largest absolute Gasteiger partial charge is 0.322 e. The van der Waals surface area contributed by atoms with Gasteiger partial charge in [-0.15, -0.1) is 11.3 Å². The zero-order chi connectivity index (χ0) is 12.5. The first-order valence-electron chi connectivity index (χ1n) is 6.50. The van der Waals surface area contributed by atoms with Gasteiger partial charge in [-0.25, -0.2) is 4.98 Å². The molecule has 0 fully saturated rings. The molecule has 2 N–H and O–H groups in total. The van der Waals surface area contributed by atoms with Crippen molar-refractivity contribution in [2.24, 2.45) is 5.73 Å². The highest BCUT2D eigenvalue weighted by Gasteiger charge is 2.14. The van der Waals surface area contributed by atoms with E-state index in [4.69, 9.17) is 5.73 Å². The number of aromatic nitrogens is 1. The summed E-state index contributed by atoms with van der Waals surface area (Å²) in [5, 5.41) is 3.17. The Bertz CT molecular complexity index is 559. The van der Waals surface area contributed by atoms with Gasteiger partial charge in [0.05, 0.1) is 16.7 Å². The van der Waals surface area contributed by atoms with Crippen LogP contribution >= 0.6 is 11.3 Å². The fourth-order valence-electron chi connectivity index (χ4n) is 2.66. The lowest BCUT2D eigenvalue weighted by molar-refractivity contribution is 0.699. The number of hydrogen-bond acceptors (Lipinski definition) is 3. The van der Waals surface area contributed by atoms with Crippen LogP contribution < -0.4 is 5.73 Å². The van der Waals surface area contributed by atoms with Gasteiger partial charge in [-0.2, -0.15) is 0 Å². The fourth-order valence-corrected chi connectivity index (χ4v) is 3.34. The molecule has 1 aromatic carbocycles. The molecule has 94 valence electrons. The number of benzene rings is 1. The molecule has 2 aromatic rings. The molecule has 0 radical (unpaired) electrons. The molecule has 2 nitrogen and oxygen atoms in total. The van der Waals surface area contributed by atoms with Gasteiger partial charge in [-0.1, -0.05) is 18.2 Å². The van der Waals surface area contributed by atoms with Gasteiger partial charge in [-0.05, 0) is 49.3 Å². The number of aryl methyl sites for hydroxylation is 3. The van der Waals surface area contributed by atoms with Gasteiger partial charge in [0, 0.05) is 5.38 Å². The average molecular weight is 258 g/mol. The summed E-state index contributed by atoms with van der Waals surface area (Å²) in [7, 11) is 0. The zero-order valence-electron chi connectivity index (χ0n) is 10.6. The quantitative estimate of drug-likeness (QED) is 0.918. The summed E-state index contributed by atoms with van der Waals surface area (Å²) in [6.45, 7) is 2.02. The molecule has 0 aliphatic heterocycles. The number of nitrogens with zero attached hydrogens (tertiary/aromatic N) is 1. The smallest absolute Gasteiger partial charge is 0.0898 e. The first-order chi connectivity index (χ1) is 8.72. The van der Waals surface area contributed by atoms with E-state index in [1.165, 1.54) is 36.0 Å². The number of thiazole rings is 1. The van der Waals surface area contributed by atoms with Gasteiger partial charge < -0.3 is 5.73 Å². The van der Waals surface area contributed by atoms with Gasteiger partial charge in [0.15, 0.2) is 0 Å². The number of nitrogens with two attached hydrogens (primary N) is 1. The van der Waals surface area contributed by atoms with E-state index in [0.717, 1.165) is 17.1 Å². The predicted molar refractivity (Wildman–Crippen MR) is 76.0 cm³/mol. The minimum absolute atomic E-state index is 0.0226. The molecule has 0 spiro atoms. The Labute approximate surface area is 112 Å². The maximum atomic E-state index is 6.23. The average Bonchev–Trinajstić information content (AvgIpc) is 2.96. The van der Waals surface area contributed by atoms with Crippen LogP contribution in [0.4, 0.5) is 0 Å². The highest BCUT2D eigenvalue weighted by atomic mass is 32.1. The van der Waals surface area contributed by atoms with Crippen LogP contribution in [0.1, 0.15) is 39.9 Å². The molecule has 3 heteroatoms. The maximum absolute atomic E-state index is 6.23. The van der Waals surface area contributed by atoms with Crippen molar-refractivity contribution < 1.29 is 0 Å². The lowest BCUT2D eigenvalue weighted by Gasteiger charge is -2.10. The van der Waals surface area contributed by atoms with Crippen molar-refractivity contribution in [2.75, 3.05) is 0 Å². The van der Waals surface area contributed by atoms with E-state index in [9.17, 15) is 0 Å². The Morgan fingerprint density at radius 2 is 2.17 bits per heavy atom. The van der Waals surface area contributed by atoms with Crippen molar-refractivity contribution in [3.05, 3.63) is 51.0 Å². The second-order valence-corrected chi connectivity index (χ2v) is 6.12. The van der Waals surface area contributed by atoms with E-state index < -0.39 is 0 Å². The molecule has 1 heterocycles. The highest BCUT2D eigenvalue weighted by molar-refractivity contribution is 7.09. The maximum Gasteiger partial charge on any atom is 0.0898 e. The summed E-state index contributed by atoms with van der Waals surface area (Å²) in [6, 6.07) is 6.86. The van der Waals surface area contributed by atoms with Gasteiger partial charge in [0.2, 0.25) is 0 Å². The predicted octanol–water partition coefficient (Wildman–Crippen LogP) is 3.18. The van der Waals surface area contributed by atoms with Crippen molar-refractivity contribution in [3.8, 4) is 0 Å². The normalized spacial score (nSPS) is 15.7. The monoisotopic (exact) mass is 258 g/mol. The SMILES string of the molecule is Cc1nc(C(N)Cc2ccc3c(c2)CCC3)cs1. The van der Waals surface area contributed by atoms with E-state index in [1.807, 2.05) is 6.92 Å². The van der Waals surface area contributed by atoms with Crippen LogP contribution in [0, 0.1) is 6.92 Å². The third kappa shape index (κ3) is 2.33. The van der Waals surface area contributed by atoms with Gasteiger partial charge in [0.1, 0.15) is 0 Å². The van der Waals surface area contributed by atoms with E-state index >= 15 is 0 Å². The van der Waals surface area contributed by atoms with Crippen LogP contribution in [-0.4, -0.2) is 4.98 Å². The second kappa shape index (κ2) is 4.82. The van der Waals surface area contributed by atoms with Crippen molar-refractivity contribution in [1.29, 1.82) is 0 Å². The van der Waals surface area contributed by atoms with Crippen LogP contribution in [-0.2, 0) is 19.3 Å². The van der Waals surface area contributed by atoms with Crippen LogP contribution in [0.2, 0.25) is 0 Å². The second-order valence-electron chi connectivity index (χ2n) is 5.06. The van der Waals surface area contributed by atoms with E-state index in [0.29, 0.717) is 0 Å². The van der Waals surface area contributed by atoms with Crippen molar-refractivity contribution in [1.82, 2.24) is 4.98 Å². The first-order valence-corrected chi connectivity index (χ1v) is 7.38. The number of rotatable bonds is 3. The topological polar surface area (TPSA) is 38.9 Å². The zero-order valence-corrected chi connectivity index (χ0v) is 11.5. The summed E-state index contributed by atoms with van der Waals surface area (Å²) in [6.07, 6.45) is 4.66. The van der Waals surface area contributed by atoms with Crippen molar-refractivity contribution >= 4 is 11.3 Å². The molecule has 0 saturated heterocycles. The highest BCUT2D eigenvalue weighted by Crippen LogP contribution is 2.25. The number of hydrogen-bond donors (Lipinski definition) is 1. The van der Waals surface area contributed by atoms with Crippen LogP contribution in [0.15, 0.2) is 23.6 Å². The molecule has 18 heavy (non-hydrogen) atoms. The molecule has 0 amide bonds. The summed E-state index contributed by atoms with van der Waals surface area (Å²) < 4.78 is 0. The molecule has 1 aliphatic carbocycles. The minimum atomic E-state index is 0.0226. The standard InChI is InChI=1S/C15H18N2S/c1-10-17-15(9-18-10)14(16)8-11-5-6-12-3-2-4-13(12)7-11/h5-7,9,14H,2-4,8,16H2,1H3. The van der Waals surface area contributed by atoms with Crippen LogP contribution in [0.3, 0.4) is 0 Å². The summed E-state index contributed by atoms with van der Waals surface area (Å²) in [5.41, 5.74) is 11.6. The Balaban J connectivity index is 1.76. The Kier molecular flexibility index (Phi) is 3.18. The van der Waals surface area contributed by atoms with Crippen molar-refractivity contribution in [3.63, 3.8) is 0 Å². The third-order valence-electron chi connectivity index (χ3n) is 3.64. The van der Waals surface area contributed by atoms with Gasteiger partial charge in [0.25, 0.3) is 0 Å². The lowest BCUT2D eigenvalue weighted by atomic mass is 10.0. The lowest BCUT2D eigenvalue weighted by Crippen LogP contribution is -2.14. The molecule has 0 saturated carbocycles. The molecular weight excluding hydrogens is 240 g/mol. The Morgan fingerprint density at radius 1 is 1.33 bits per heavy atom. The fraction of sp³-hybridized carbons (Fsp3) is 0.400. The minimum Gasteiger partial charge on any atom is -0.322 e. The van der Waals surface area contributed by atoms with Crippen molar-refractivity contribution in [2.45, 2.75) is 38.6 Å². The van der Waals surface area contributed by atoms with Crippen LogP contribution in [0.25, 0.3) is 0 Å². The molecule has 1 aromatic heterocycles. The Hall–Kier alpha value is -1.19. The van der Waals surface area contributed by atoms with E-state index in [2.05, 4.69) is 28.6 Å². The van der Waals surface area contributed by atoms with E-state index in [-0.39, 0.29) is 6.04 Å². The third-order valence-corrected chi connectivity index (χ3v) is 4.43. The number of fused-ring (bicyclic) bond motifs is 1. The van der Waals surface area contributed by atoms with Gasteiger partial charge >= 0.3 is 0 Å². The summed E-state index contributed by atoms with van der Waals surface area (Å²) in [4.78, 5) is 4.47. The summed E-state index contributed by atoms with van der Waals surface area (Å²) in [5.74, 6) is 0. The molecule has 1 atom stereocenters. The molecule has 1 aliphatic rings. The summed E-state index contributed by atoms with van der Waals surface area (Å²) >= 11 is 1.67. The molecule has 3 rings (SSSR count). The van der Waals surface area contributed by atoms with E-state index in [1.54, 1.807) is 11.3 Å².